The molecule has 0 aliphatic rings. The average Bonchev–Trinajstić information content (AvgIpc) is 2.97. The Hall–Kier alpha value is -2.25. The SMILES string of the molecule is CCc1sc(Nc2ccc(S(C)(=O)=O)cc2)nc1-c1ccnc(C)c1. The van der Waals surface area contributed by atoms with E-state index in [1.165, 1.54) is 11.1 Å². The second-order valence-corrected chi connectivity index (χ2v) is 8.85. The Morgan fingerprint density at radius 1 is 1.16 bits per heavy atom. The first-order valence-electron chi connectivity index (χ1n) is 7.86. The van der Waals surface area contributed by atoms with Crippen LogP contribution in [-0.2, 0) is 16.3 Å². The third kappa shape index (κ3) is 4.05. The zero-order valence-electron chi connectivity index (χ0n) is 14.3. The Bertz CT molecular complexity index is 993. The second kappa shape index (κ2) is 6.93. The van der Waals surface area contributed by atoms with Crippen molar-refractivity contribution in [3.05, 3.63) is 53.2 Å². The minimum absolute atomic E-state index is 0.305. The zero-order chi connectivity index (χ0) is 18.0. The van der Waals surface area contributed by atoms with Crippen LogP contribution in [0.15, 0.2) is 47.5 Å². The number of sulfone groups is 1. The molecule has 25 heavy (non-hydrogen) atoms. The van der Waals surface area contributed by atoms with E-state index in [0.717, 1.165) is 34.2 Å². The minimum Gasteiger partial charge on any atom is -0.332 e. The molecule has 0 atom stereocenters. The van der Waals surface area contributed by atoms with Gasteiger partial charge >= 0.3 is 0 Å². The van der Waals surface area contributed by atoms with E-state index in [1.54, 1.807) is 41.8 Å². The van der Waals surface area contributed by atoms with Gasteiger partial charge in [0.2, 0.25) is 0 Å². The molecular formula is C18H19N3O2S2. The summed E-state index contributed by atoms with van der Waals surface area (Å²) in [4.78, 5) is 10.5. The van der Waals surface area contributed by atoms with E-state index < -0.39 is 9.84 Å². The molecule has 0 aliphatic carbocycles. The number of pyridine rings is 1. The van der Waals surface area contributed by atoms with Gasteiger partial charge in [-0.15, -0.1) is 11.3 Å². The number of nitrogens with zero attached hydrogens (tertiary/aromatic N) is 2. The first-order chi connectivity index (χ1) is 11.9. The van der Waals surface area contributed by atoms with Crippen LogP contribution in [0.4, 0.5) is 10.8 Å². The van der Waals surface area contributed by atoms with E-state index in [4.69, 9.17) is 4.98 Å². The van der Waals surface area contributed by atoms with E-state index >= 15 is 0 Å². The fraction of sp³-hybridized carbons (Fsp3) is 0.222. The van der Waals surface area contributed by atoms with E-state index in [2.05, 4.69) is 17.2 Å². The van der Waals surface area contributed by atoms with Crippen LogP contribution in [0, 0.1) is 6.92 Å². The molecule has 0 unspecified atom stereocenters. The highest BCUT2D eigenvalue weighted by Crippen LogP contribution is 2.33. The molecule has 2 heterocycles. The zero-order valence-corrected chi connectivity index (χ0v) is 15.9. The summed E-state index contributed by atoms with van der Waals surface area (Å²) in [6, 6.07) is 10.7. The smallest absolute Gasteiger partial charge is 0.187 e. The Morgan fingerprint density at radius 2 is 1.88 bits per heavy atom. The van der Waals surface area contributed by atoms with Crippen LogP contribution < -0.4 is 5.32 Å². The Labute approximate surface area is 151 Å². The normalized spacial score (nSPS) is 11.5. The van der Waals surface area contributed by atoms with Crippen molar-refractivity contribution in [3.63, 3.8) is 0 Å². The van der Waals surface area contributed by atoms with Crippen LogP contribution in [0.3, 0.4) is 0 Å². The summed E-state index contributed by atoms with van der Waals surface area (Å²) < 4.78 is 23.1. The van der Waals surface area contributed by atoms with Crippen molar-refractivity contribution in [2.24, 2.45) is 0 Å². The first-order valence-corrected chi connectivity index (χ1v) is 10.6. The maximum atomic E-state index is 11.5. The van der Waals surface area contributed by atoms with Gasteiger partial charge in [-0.1, -0.05) is 6.92 Å². The predicted molar refractivity (Wildman–Crippen MR) is 102 cm³/mol. The molecule has 1 N–H and O–H groups in total. The van der Waals surface area contributed by atoms with Crippen LogP contribution in [-0.4, -0.2) is 24.6 Å². The topological polar surface area (TPSA) is 72.0 Å². The summed E-state index contributed by atoms with van der Waals surface area (Å²) in [6.45, 7) is 4.07. The molecule has 130 valence electrons. The second-order valence-electron chi connectivity index (χ2n) is 5.75. The lowest BCUT2D eigenvalue weighted by atomic mass is 10.1. The van der Waals surface area contributed by atoms with Crippen molar-refractivity contribution in [2.75, 3.05) is 11.6 Å². The number of aromatic nitrogens is 2. The number of rotatable bonds is 5. The lowest BCUT2D eigenvalue weighted by molar-refractivity contribution is 0.602. The molecule has 0 radical (unpaired) electrons. The number of benzene rings is 1. The van der Waals surface area contributed by atoms with Gasteiger partial charge in [-0.3, -0.25) is 4.98 Å². The molecular weight excluding hydrogens is 354 g/mol. The summed E-state index contributed by atoms with van der Waals surface area (Å²) in [6.07, 6.45) is 3.89. The van der Waals surface area contributed by atoms with Crippen molar-refractivity contribution >= 4 is 32.0 Å². The maximum absolute atomic E-state index is 11.5. The molecule has 3 aromatic rings. The fourth-order valence-corrected chi connectivity index (χ4v) is 4.05. The van der Waals surface area contributed by atoms with Crippen LogP contribution in [0.2, 0.25) is 0 Å². The van der Waals surface area contributed by atoms with Gasteiger partial charge < -0.3 is 5.32 Å². The maximum Gasteiger partial charge on any atom is 0.187 e. The van der Waals surface area contributed by atoms with E-state index in [1.807, 2.05) is 19.1 Å². The van der Waals surface area contributed by atoms with E-state index in [-0.39, 0.29) is 0 Å². The monoisotopic (exact) mass is 373 g/mol. The average molecular weight is 374 g/mol. The third-order valence-corrected chi connectivity index (χ3v) is 5.97. The fourth-order valence-electron chi connectivity index (χ4n) is 2.47. The molecule has 0 spiro atoms. The summed E-state index contributed by atoms with van der Waals surface area (Å²) >= 11 is 1.60. The highest BCUT2D eigenvalue weighted by atomic mass is 32.2. The molecule has 1 aromatic carbocycles. The number of hydrogen-bond acceptors (Lipinski definition) is 6. The van der Waals surface area contributed by atoms with Crippen molar-refractivity contribution in [3.8, 4) is 11.3 Å². The largest absolute Gasteiger partial charge is 0.332 e. The number of thiazole rings is 1. The Balaban J connectivity index is 1.89. The highest BCUT2D eigenvalue weighted by molar-refractivity contribution is 7.90. The standard InChI is InChI=1S/C18H19N3O2S2/c1-4-16-17(13-9-10-19-12(2)11-13)21-18(24-16)20-14-5-7-15(8-6-14)25(3,22)23/h5-11H,4H2,1-3H3,(H,20,21). The van der Waals surface area contributed by atoms with Crippen molar-refractivity contribution in [1.29, 1.82) is 0 Å². The van der Waals surface area contributed by atoms with Gasteiger partial charge in [0.05, 0.1) is 10.6 Å². The molecule has 0 bridgehead atoms. The van der Waals surface area contributed by atoms with Gasteiger partial charge in [0.25, 0.3) is 0 Å². The van der Waals surface area contributed by atoms with E-state index in [0.29, 0.717) is 4.90 Å². The number of hydrogen-bond donors (Lipinski definition) is 1. The van der Waals surface area contributed by atoms with Crippen LogP contribution in [0.5, 0.6) is 0 Å². The third-order valence-electron chi connectivity index (χ3n) is 3.72. The van der Waals surface area contributed by atoms with Crippen LogP contribution in [0.25, 0.3) is 11.3 Å². The Morgan fingerprint density at radius 3 is 2.48 bits per heavy atom. The number of aryl methyl sites for hydroxylation is 2. The van der Waals surface area contributed by atoms with Crippen molar-refractivity contribution < 1.29 is 8.42 Å². The van der Waals surface area contributed by atoms with E-state index in [9.17, 15) is 8.42 Å². The Kier molecular flexibility index (Phi) is 4.87. The van der Waals surface area contributed by atoms with Gasteiger partial charge in [-0.05, 0) is 49.7 Å². The first kappa shape index (κ1) is 17.6. The summed E-state index contributed by atoms with van der Waals surface area (Å²) in [5.74, 6) is 0. The van der Waals surface area contributed by atoms with Crippen molar-refractivity contribution in [2.45, 2.75) is 25.2 Å². The summed E-state index contributed by atoms with van der Waals surface area (Å²) in [5, 5.41) is 4.04. The molecule has 0 saturated carbocycles. The molecule has 5 nitrogen and oxygen atoms in total. The lowest BCUT2D eigenvalue weighted by Crippen LogP contribution is -1.97. The molecule has 7 heteroatoms. The van der Waals surface area contributed by atoms with Crippen LogP contribution >= 0.6 is 11.3 Å². The van der Waals surface area contributed by atoms with Gasteiger partial charge in [0.1, 0.15) is 0 Å². The molecule has 0 fully saturated rings. The quantitative estimate of drug-likeness (QED) is 0.725. The summed E-state index contributed by atoms with van der Waals surface area (Å²) in [7, 11) is -3.19. The molecule has 2 aromatic heterocycles. The van der Waals surface area contributed by atoms with Gasteiger partial charge in [-0.2, -0.15) is 0 Å². The molecule has 3 rings (SSSR count). The van der Waals surface area contributed by atoms with Crippen LogP contribution in [0.1, 0.15) is 17.5 Å². The summed E-state index contributed by atoms with van der Waals surface area (Å²) in [5.41, 5.74) is 3.79. The molecule has 0 amide bonds. The number of nitrogens with one attached hydrogen (secondary N) is 1. The molecule has 0 aliphatic heterocycles. The highest BCUT2D eigenvalue weighted by Gasteiger charge is 2.13. The van der Waals surface area contributed by atoms with Crippen molar-refractivity contribution in [1.82, 2.24) is 9.97 Å². The molecule has 0 saturated heterocycles. The van der Waals surface area contributed by atoms with Gasteiger partial charge in [0, 0.05) is 34.3 Å². The predicted octanol–water partition coefficient (Wildman–Crippen LogP) is 4.22. The lowest BCUT2D eigenvalue weighted by Gasteiger charge is -2.04. The van der Waals surface area contributed by atoms with Gasteiger partial charge in [0.15, 0.2) is 15.0 Å². The minimum atomic E-state index is -3.19. The number of anilines is 2. The van der Waals surface area contributed by atoms with Gasteiger partial charge in [-0.25, -0.2) is 13.4 Å².